The van der Waals surface area contributed by atoms with E-state index < -0.39 is 7.92 Å². The number of nitrogens with zero attached hydrogens (tertiary/aromatic N) is 1. The van der Waals surface area contributed by atoms with Crippen LogP contribution < -0.4 is 15.9 Å². The lowest BCUT2D eigenvalue weighted by Crippen LogP contribution is -2.34. The quantitative estimate of drug-likeness (QED) is 0.0832. The highest BCUT2D eigenvalue weighted by atomic mass is 35.5. The van der Waals surface area contributed by atoms with E-state index in [1.54, 1.807) is 0 Å². The van der Waals surface area contributed by atoms with Crippen molar-refractivity contribution in [2.75, 3.05) is 7.05 Å². The van der Waals surface area contributed by atoms with Crippen molar-refractivity contribution in [3.63, 3.8) is 0 Å². The molecular formula is C44H46Cl2NOP. The van der Waals surface area contributed by atoms with Crippen LogP contribution in [0, 0.1) is 0 Å². The fourth-order valence-corrected chi connectivity index (χ4v) is 10.2. The molecule has 2 atom stereocenters. The average Bonchev–Trinajstić information content (AvgIpc) is 3.14. The van der Waals surface area contributed by atoms with Gasteiger partial charge in [-0.25, -0.2) is 0 Å². The van der Waals surface area contributed by atoms with Crippen LogP contribution in [-0.4, -0.2) is 17.9 Å². The lowest BCUT2D eigenvalue weighted by molar-refractivity contribution is -0.132. The topological polar surface area (TPSA) is 20.3 Å². The third-order valence-electron chi connectivity index (χ3n) is 10.0. The van der Waals surface area contributed by atoms with Crippen LogP contribution in [0.15, 0.2) is 127 Å². The standard InChI is InChI=1S/C44H46Cl2NOP/c1-47(42-31-29-37(38-24-15-16-25-39(38)42)34-28-30-40(45)41(46)32-34)44(48)27-13-5-3-2-4-8-18-33-19-14-17-26-43(33)49(35-20-9-6-10-21-35)36-22-11-7-12-23-36/h6-7,9-12,14-17,19-26,28,30,32,37,42H,2-5,8,13,18,27,29,31H2,1H3/t37-,42-/m0/s1. The predicted octanol–water partition coefficient (Wildman–Crippen LogP) is 11.2. The molecule has 0 aliphatic heterocycles. The largest absolute Gasteiger partial charge is 0.339 e. The second kappa shape index (κ2) is 17.5. The van der Waals surface area contributed by atoms with E-state index in [2.05, 4.69) is 115 Å². The van der Waals surface area contributed by atoms with Crippen molar-refractivity contribution in [2.45, 2.75) is 76.2 Å². The van der Waals surface area contributed by atoms with Gasteiger partial charge in [0.25, 0.3) is 0 Å². The zero-order valence-electron chi connectivity index (χ0n) is 28.4. The molecule has 0 saturated heterocycles. The van der Waals surface area contributed by atoms with Crippen LogP contribution in [0.5, 0.6) is 0 Å². The number of halogens is 2. The van der Waals surface area contributed by atoms with Gasteiger partial charge in [0.2, 0.25) is 5.91 Å². The maximum atomic E-state index is 13.4. The Balaban J connectivity index is 0.965. The Bertz CT molecular complexity index is 1770. The van der Waals surface area contributed by atoms with Gasteiger partial charge in [-0.2, -0.15) is 0 Å². The molecular weight excluding hydrogens is 660 g/mol. The van der Waals surface area contributed by atoms with E-state index in [4.69, 9.17) is 23.2 Å². The van der Waals surface area contributed by atoms with Gasteiger partial charge in [0.15, 0.2) is 0 Å². The summed E-state index contributed by atoms with van der Waals surface area (Å²) in [6, 6.07) is 45.7. The smallest absolute Gasteiger partial charge is 0.222 e. The van der Waals surface area contributed by atoms with Crippen LogP contribution in [0.3, 0.4) is 0 Å². The van der Waals surface area contributed by atoms with Gasteiger partial charge in [-0.3, -0.25) is 4.79 Å². The van der Waals surface area contributed by atoms with Crippen molar-refractivity contribution in [1.29, 1.82) is 0 Å². The van der Waals surface area contributed by atoms with Crippen molar-refractivity contribution in [2.24, 2.45) is 0 Å². The van der Waals surface area contributed by atoms with Gasteiger partial charge in [-0.05, 0) is 90.3 Å². The van der Waals surface area contributed by atoms with Crippen molar-refractivity contribution in [3.05, 3.63) is 160 Å². The molecule has 0 radical (unpaired) electrons. The Labute approximate surface area is 304 Å². The maximum absolute atomic E-state index is 13.4. The molecule has 0 aromatic heterocycles. The first-order valence-corrected chi connectivity index (χ1v) is 19.9. The van der Waals surface area contributed by atoms with Crippen molar-refractivity contribution >= 4 is 52.9 Å². The van der Waals surface area contributed by atoms with Gasteiger partial charge in [-0.1, -0.05) is 164 Å². The van der Waals surface area contributed by atoms with Gasteiger partial charge in [-0.15, -0.1) is 0 Å². The summed E-state index contributed by atoms with van der Waals surface area (Å²) >= 11 is 12.6. The molecule has 0 fully saturated rings. The molecule has 252 valence electrons. The molecule has 2 nitrogen and oxygen atoms in total. The Morgan fingerprint density at radius 2 is 1.24 bits per heavy atom. The number of aryl methyl sites for hydroxylation is 1. The highest BCUT2D eigenvalue weighted by molar-refractivity contribution is 7.79. The molecule has 6 rings (SSSR count). The van der Waals surface area contributed by atoms with E-state index in [1.807, 2.05) is 24.1 Å². The lowest BCUT2D eigenvalue weighted by Gasteiger charge is -2.37. The number of hydrogen-bond acceptors (Lipinski definition) is 1. The molecule has 5 aromatic carbocycles. The summed E-state index contributed by atoms with van der Waals surface area (Å²) in [5, 5.41) is 5.44. The molecule has 1 aliphatic rings. The Kier molecular flexibility index (Phi) is 12.6. The minimum atomic E-state index is -0.591. The van der Waals surface area contributed by atoms with E-state index in [0.717, 1.165) is 32.1 Å². The van der Waals surface area contributed by atoms with Crippen molar-refractivity contribution in [1.82, 2.24) is 4.90 Å². The van der Waals surface area contributed by atoms with E-state index in [-0.39, 0.29) is 17.9 Å². The van der Waals surface area contributed by atoms with Gasteiger partial charge in [0, 0.05) is 19.4 Å². The number of rotatable bonds is 14. The number of fused-ring (bicyclic) bond motifs is 1. The summed E-state index contributed by atoms with van der Waals surface area (Å²) < 4.78 is 0. The fourth-order valence-electron chi connectivity index (χ4n) is 7.42. The summed E-state index contributed by atoms with van der Waals surface area (Å²) in [6.07, 6.45) is 10.5. The van der Waals surface area contributed by atoms with Crippen LogP contribution in [0.4, 0.5) is 0 Å². The van der Waals surface area contributed by atoms with E-state index in [1.165, 1.54) is 63.9 Å². The van der Waals surface area contributed by atoms with E-state index >= 15 is 0 Å². The van der Waals surface area contributed by atoms with E-state index in [0.29, 0.717) is 16.5 Å². The molecule has 0 heterocycles. The molecule has 0 spiro atoms. The van der Waals surface area contributed by atoms with Crippen LogP contribution in [-0.2, 0) is 11.2 Å². The summed E-state index contributed by atoms with van der Waals surface area (Å²) in [6.45, 7) is 0. The first-order valence-electron chi connectivity index (χ1n) is 17.8. The molecule has 5 aromatic rings. The van der Waals surface area contributed by atoms with Gasteiger partial charge in [0.1, 0.15) is 0 Å². The Morgan fingerprint density at radius 3 is 1.94 bits per heavy atom. The predicted molar refractivity (Wildman–Crippen MR) is 211 cm³/mol. The number of benzene rings is 5. The third kappa shape index (κ3) is 8.85. The summed E-state index contributed by atoms with van der Waals surface area (Å²) in [7, 11) is 1.40. The highest BCUT2D eigenvalue weighted by Crippen LogP contribution is 2.44. The van der Waals surface area contributed by atoms with Crippen LogP contribution in [0.2, 0.25) is 10.0 Å². The average molecular weight is 707 g/mol. The monoisotopic (exact) mass is 705 g/mol. The van der Waals surface area contributed by atoms with E-state index in [9.17, 15) is 4.79 Å². The minimum absolute atomic E-state index is 0.107. The molecule has 5 heteroatoms. The maximum Gasteiger partial charge on any atom is 0.222 e. The lowest BCUT2D eigenvalue weighted by atomic mass is 9.76. The van der Waals surface area contributed by atoms with Gasteiger partial charge < -0.3 is 4.90 Å². The second-order valence-corrected chi connectivity index (χ2v) is 16.2. The molecule has 0 saturated carbocycles. The normalized spacial score (nSPS) is 15.6. The first-order chi connectivity index (χ1) is 24.0. The number of carbonyl (C=O) groups is 1. The number of amides is 1. The summed E-state index contributed by atoms with van der Waals surface area (Å²) in [4.78, 5) is 15.4. The van der Waals surface area contributed by atoms with Crippen molar-refractivity contribution in [3.8, 4) is 0 Å². The number of hydrogen-bond donors (Lipinski definition) is 0. The minimum Gasteiger partial charge on any atom is -0.339 e. The zero-order chi connectivity index (χ0) is 34.0. The summed E-state index contributed by atoms with van der Waals surface area (Å²) in [5.74, 6) is 0.507. The highest BCUT2D eigenvalue weighted by Gasteiger charge is 2.32. The molecule has 0 unspecified atom stereocenters. The number of carbonyl (C=O) groups excluding carboxylic acids is 1. The molecule has 1 amide bonds. The Morgan fingerprint density at radius 1 is 0.653 bits per heavy atom. The van der Waals surface area contributed by atoms with Crippen molar-refractivity contribution < 1.29 is 4.79 Å². The van der Waals surface area contributed by atoms with Gasteiger partial charge in [0.05, 0.1) is 16.1 Å². The molecule has 0 bridgehead atoms. The first kappa shape index (κ1) is 35.4. The zero-order valence-corrected chi connectivity index (χ0v) is 30.8. The number of unbranched alkanes of at least 4 members (excludes halogenated alkanes) is 5. The molecule has 1 aliphatic carbocycles. The van der Waals surface area contributed by atoms with Gasteiger partial charge >= 0.3 is 0 Å². The second-order valence-electron chi connectivity index (χ2n) is 13.2. The molecule has 49 heavy (non-hydrogen) atoms. The SMILES string of the molecule is CN(C(=O)CCCCCCCCc1ccccc1P(c1ccccc1)c1ccccc1)[C@H]1CC[C@@H](c2ccc(Cl)c(Cl)c2)c2ccccc21. The molecule has 0 N–H and O–H groups in total. The fraction of sp³-hybridized carbons (Fsp3) is 0.295. The van der Waals surface area contributed by atoms with Crippen LogP contribution in [0.1, 0.15) is 92.0 Å². The third-order valence-corrected chi connectivity index (χ3v) is 13.3. The Hall–Kier alpha value is -3.42. The van der Waals surface area contributed by atoms with Crippen LogP contribution >= 0.6 is 31.1 Å². The van der Waals surface area contributed by atoms with Crippen LogP contribution in [0.25, 0.3) is 0 Å². The summed E-state index contributed by atoms with van der Waals surface area (Å²) in [5.41, 5.74) is 5.20.